The minimum Gasteiger partial charge on any atom is -0.497 e. The van der Waals surface area contributed by atoms with Gasteiger partial charge in [-0.1, -0.05) is 17.7 Å². The van der Waals surface area contributed by atoms with Crippen molar-refractivity contribution < 1.29 is 9.84 Å². The molecule has 0 aliphatic rings. The Kier molecular flexibility index (Phi) is 5.18. The van der Waals surface area contributed by atoms with Crippen LogP contribution in [-0.2, 0) is 6.54 Å². The third-order valence-corrected chi connectivity index (χ3v) is 5.43. The van der Waals surface area contributed by atoms with E-state index in [1.165, 1.54) is 4.57 Å². The van der Waals surface area contributed by atoms with Gasteiger partial charge in [-0.25, -0.2) is 4.52 Å². The first-order valence-electron chi connectivity index (χ1n) is 9.86. The van der Waals surface area contributed by atoms with Gasteiger partial charge in [0, 0.05) is 18.0 Å². The van der Waals surface area contributed by atoms with Crippen LogP contribution in [-0.4, -0.2) is 26.4 Å². The van der Waals surface area contributed by atoms with E-state index in [1.54, 1.807) is 30.1 Å². The number of ether oxygens (including phenoxy) is 1. The van der Waals surface area contributed by atoms with Crippen molar-refractivity contribution in [3.05, 3.63) is 87.5 Å². The molecule has 0 spiro atoms. The number of aromatic nitrogens is 3. The zero-order valence-electron chi connectivity index (χ0n) is 17.6. The second kappa shape index (κ2) is 7.80. The van der Waals surface area contributed by atoms with Gasteiger partial charge in [0.1, 0.15) is 11.3 Å². The van der Waals surface area contributed by atoms with Crippen LogP contribution in [0.3, 0.4) is 0 Å². The van der Waals surface area contributed by atoms with Crippen LogP contribution in [0, 0.1) is 20.8 Å². The van der Waals surface area contributed by atoms with Gasteiger partial charge in [-0.2, -0.15) is 5.10 Å². The molecule has 0 unspecified atom stereocenters. The third kappa shape index (κ3) is 3.62. The summed E-state index contributed by atoms with van der Waals surface area (Å²) in [6, 6.07) is 13.4. The molecule has 0 bridgehead atoms. The standard InChI is InChI=1S/C24H25N3O3/c1-15-11-16(2)23(17(3)12-15)22(28)14-26-9-10-27-21(24(26)29)13-20(25-27)18-5-7-19(30-4)8-6-18/h5-13,22,28H,14H2,1-4H3/t22-/m0/s1. The van der Waals surface area contributed by atoms with E-state index >= 15 is 0 Å². The summed E-state index contributed by atoms with van der Waals surface area (Å²) < 4.78 is 8.31. The van der Waals surface area contributed by atoms with E-state index in [9.17, 15) is 9.90 Å². The van der Waals surface area contributed by atoms with Gasteiger partial charge in [-0.05, 0) is 67.8 Å². The molecule has 154 valence electrons. The summed E-state index contributed by atoms with van der Waals surface area (Å²) in [7, 11) is 1.62. The monoisotopic (exact) mass is 403 g/mol. The molecule has 0 fully saturated rings. The van der Waals surface area contributed by atoms with Crippen LogP contribution < -0.4 is 10.3 Å². The maximum atomic E-state index is 13.0. The molecule has 2 heterocycles. The van der Waals surface area contributed by atoms with Crippen LogP contribution in [0.2, 0.25) is 0 Å². The quantitative estimate of drug-likeness (QED) is 0.550. The highest BCUT2D eigenvalue weighted by Gasteiger charge is 2.17. The average Bonchev–Trinajstić information content (AvgIpc) is 3.14. The highest BCUT2D eigenvalue weighted by Crippen LogP contribution is 2.25. The number of methoxy groups -OCH3 is 1. The Morgan fingerprint density at radius 2 is 1.70 bits per heavy atom. The number of aryl methyl sites for hydroxylation is 3. The molecule has 0 radical (unpaired) electrons. The highest BCUT2D eigenvalue weighted by molar-refractivity contribution is 5.66. The molecule has 2 aromatic carbocycles. The summed E-state index contributed by atoms with van der Waals surface area (Å²) in [6.45, 7) is 6.20. The number of aliphatic hydroxyl groups excluding tert-OH is 1. The Labute approximate surface area is 175 Å². The third-order valence-electron chi connectivity index (χ3n) is 5.43. The molecular weight excluding hydrogens is 378 g/mol. The Hall–Kier alpha value is -3.38. The first-order valence-corrected chi connectivity index (χ1v) is 9.86. The lowest BCUT2D eigenvalue weighted by atomic mass is 9.95. The lowest BCUT2D eigenvalue weighted by molar-refractivity contribution is 0.153. The Bertz CT molecular complexity index is 1250. The van der Waals surface area contributed by atoms with Gasteiger partial charge in [0.2, 0.25) is 0 Å². The van der Waals surface area contributed by atoms with Gasteiger partial charge in [-0.15, -0.1) is 0 Å². The van der Waals surface area contributed by atoms with Crippen molar-refractivity contribution in [3.8, 4) is 17.0 Å². The number of rotatable bonds is 5. The van der Waals surface area contributed by atoms with Crippen molar-refractivity contribution in [2.45, 2.75) is 33.4 Å². The molecule has 6 nitrogen and oxygen atoms in total. The number of hydrogen-bond donors (Lipinski definition) is 1. The van der Waals surface area contributed by atoms with Crippen molar-refractivity contribution in [1.29, 1.82) is 0 Å². The van der Waals surface area contributed by atoms with Crippen molar-refractivity contribution >= 4 is 5.52 Å². The van der Waals surface area contributed by atoms with Gasteiger partial charge in [-0.3, -0.25) is 4.79 Å². The van der Waals surface area contributed by atoms with Crippen molar-refractivity contribution in [2.75, 3.05) is 7.11 Å². The lowest BCUT2D eigenvalue weighted by Crippen LogP contribution is -2.24. The van der Waals surface area contributed by atoms with Crippen LogP contribution >= 0.6 is 0 Å². The maximum absolute atomic E-state index is 13.0. The smallest absolute Gasteiger partial charge is 0.276 e. The van der Waals surface area contributed by atoms with Crippen LogP contribution in [0.15, 0.2) is 59.7 Å². The molecule has 1 atom stereocenters. The molecule has 2 aromatic heterocycles. The van der Waals surface area contributed by atoms with E-state index in [2.05, 4.69) is 17.2 Å². The SMILES string of the molecule is COc1ccc(-c2cc3c(=O)n(C[C@H](O)c4c(C)cc(C)cc4C)ccn3n2)cc1. The highest BCUT2D eigenvalue weighted by atomic mass is 16.5. The van der Waals surface area contributed by atoms with E-state index in [0.717, 1.165) is 33.6 Å². The number of benzene rings is 2. The van der Waals surface area contributed by atoms with Crippen LogP contribution in [0.5, 0.6) is 5.75 Å². The minimum atomic E-state index is -0.769. The van der Waals surface area contributed by atoms with Gasteiger partial charge in [0.25, 0.3) is 5.56 Å². The van der Waals surface area contributed by atoms with Gasteiger partial charge >= 0.3 is 0 Å². The zero-order valence-corrected chi connectivity index (χ0v) is 17.6. The predicted octanol–water partition coefficient (Wildman–Crippen LogP) is 3.83. The molecule has 0 amide bonds. The van der Waals surface area contributed by atoms with E-state index in [1.807, 2.05) is 45.0 Å². The lowest BCUT2D eigenvalue weighted by Gasteiger charge is -2.18. The summed E-state index contributed by atoms with van der Waals surface area (Å²) in [6.07, 6.45) is 2.64. The number of fused-ring (bicyclic) bond motifs is 1. The number of nitrogens with zero attached hydrogens (tertiary/aromatic N) is 3. The topological polar surface area (TPSA) is 68.8 Å². The van der Waals surface area contributed by atoms with Gasteiger partial charge in [0.15, 0.2) is 0 Å². The summed E-state index contributed by atoms with van der Waals surface area (Å²) in [5.74, 6) is 0.764. The molecule has 4 rings (SSSR count). The first kappa shape index (κ1) is 19.9. The van der Waals surface area contributed by atoms with Gasteiger partial charge in [0.05, 0.1) is 25.5 Å². The molecule has 4 aromatic rings. The molecular formula is C24H25N3O3. The maximum Gasteiger partial charge on any atom is 0.276 e. The predicted molar refractivity (Wildman–Crippen MR) is 117 cm³/mol. The fourth-order valence-corrected chi connectivity index (χ4v) is 4.07. The summed E-state index contributed by atoms with van der Waals surface area (Å²) in [5.41, 5.74) is 5.97. The summed E-state index contributed by atoms with van der Waals surface area (Å²) in [4.78, 5) is 13.0. The van der Waals surface area contributed by atoms with E-state index in [0.29, 0.717) is 11.2 Å². The molecule has 6 heteroatoms. The van der Waals surface area contributed by atoms with Crippen molar-refractivity contribution in [2.24, 2.45) is 0 Å². The van der Waals surface area contributed by atoms with E-state index in [4.69, 9.17) is 4.74 Å². The Morgan fingerprint density at radius 3 is 2.33 bits per heavy atom. The number of aliphatic hydroxyl groups is 1. The average molecular weight is 403 g/mol. The zero-order chi connectivity index (χ0) is 21.4. The molecule has 0 saturated carbocycles. The fourth-order valence-electron chi connectivity index (χ4n) is 4.07. The second-order valence-corrected chi connectivity index (χ2v) is 7.67. The van der Waals surface area contributed by atoms with Gasteiger partial charge < -0.3 is 14.4 Å². The molecule has 0 saturated heterocycles. The molecule has 0 aliphatic heterocycles. The van der Waals surface area contributed by atoms with Crippen LogP contribution in [0.4, 0.5) is 0 Å². The fraction of sp³-hybridized carbons (Fsp3) is 0.250. The first-order chi connectivity index (χ1) is 14.4. The largest absolute Gasteiger partial charge is 0.497 e. The minimum absolute atomic E-state index is 0.184. The van der Waals surface area contributed by atoms with E-state index < -0.39 is 6.10 Å². The van der Waals surface area contributed by atoms with Crippen molar-refractivity contribution in [3.63, 3.8) is 0 Å². The Morgan fingerprint density at radius 1 is 1.03 bits per heavy atom. The second-order valence-electron chi connectivity index (χ2n) is 7.67. The summed E-state index contributed by atoms with van der Waals surface area (Å²) >= 11 is 0. The molecule has 1 N–H and O–H groups in total. The Balaban J connectivity index is 1.67. The number of hydrogen-bond acceptors (Lipinski definition) is 4. The summed E-state index contributed by atoms with van der Waals surface area (Å²) in [5, 5.41) is 15.4. The molecule has 30 heavy (non-hydrogen) atoms. The molecule has 0 aliphatic carbocycles. The van der Waals surface area contributed by atoms with Crippen LogP contribution in [0.1, 0.15) is 28.4 Å². The normalized spacial score (nSPS) is 12.3. The van der Waals surface area contributed by atoms with Crippen molar-refractivity contribution in [1.82, 2.24) is 14.2 Å². The van der Waals surface area contributed by atoms with E-state index in [-0.39, 0.29) is 12.1 Å². The van der Waals surface area contributed by atoms with Crippen LogP contribution in [0.25, 0.3) is 16.8 Å².